The van der Waals surface area contributed by atoms with Gasteiger partial charge in [-0.3, -0.25) is 9.69 Å². The Hall–Kier alpha value is -2.06. The van der Waals surface area contributed by atoms with E-state index in [-0.39, 0.29) is 53.5 Å². The van der Waals surface area contributed by atoms with E-state index in [1.807, 2.05) is 0 Å². The van der Waals surface area contributed by atoms with E-state index in [0.717, 1.165) is 18.7 Å². The highest BCUT2D eigenvalue weighted by Gasteiger charge is 2.42. The number of hydrogen-bond donors (Lipinski definition) is 1. The molecule has 0 unspecified atom stereocenters. The normalized spacial score (nSPS) is 22.2. The molecule has 2 aromatic rings. The molecule has 8 heteroatoms. The van der Waals surface area contributed by atoms with Crippen LogP contribution in [0.5, 0.6) is 0 Å². The van der Waals surface area contributed by atoms with Crippen LogP contribution >= 0.6 is 12.4 Å². The van der Waals surface area contributed by atoms with E-state index in [2.05, 4.69) is 31.0 Å². The number of fused-ring (bicyclic) bond motifs is 1. The van der Waals surface area contributed by atoms with Crippen LogP contribution in [0.25, 0.3) is 0 Å². The molecule has 0 saturated carbocycles. The van der Waals surface area contributed by atoms with Crippen molar-refractivity contribution >= 4 is 24.0 Å². The number of anilines is 1. The summed E-state index contributed by atoms with van der Waals surface area (Å²) in [6, 6.07) is 12.9. The first-order chi connectivity index (χ1) is 15.6. The number of benzene rings is 2. The van der Waals surface area contributed by atoms with E-state index in [1.54, 1.807) is 36.3 Å². The smallest absolute Gasteiger partial charge is 0.298 e. The van der Waals surface area contributed by atoms with Crippen molar-refractivity contribution in [1.82, 2.24) is 10.2 Å². The van der Waals surface area contributed by atoms with Gasteiger partial charge in [-0.05, 0) is 18.6 Å². The minimum absolute atomic E-state index is 0. The summed E-state index contributed by atoms with van der Waals surface area (Å²) < 4.78 is 35.9. The van der Waals surface area contributed by atoms with Crippen molar-refractivity contribution in [2.24, 2.45) is 0 Å². The number of piperazine rings is 1. The van der Waals surface area contributed by atoms with E-state index in [0.29, 0.717) is 18.8 Å². The number of alkyl halides is 2. The number of amides is 1. The topological polar surface area (TPSA) is 44.8 Å². The van der Waals surface area contributed by atoms with E-state index in [4.69, 9.17) is 4.74 Å². The molecule has 1 amide bonds. The molecule has 2 aliphatic heterocycles. The molecule has 34 heavy (non-hydrogen) atoms. The lowest BCUT2D eigenvalue weighted by Crippen LogP contribution is -2.59. The van der Waals surface area contributed by atoms with Crippen LogP contribution in [0.3, 0.4) is 0 Å². The molecule has 1 N–H and O–H groups in total. The second-order valence-electron chi connectivity index (χ2n) is 9.88. The van der Waals surface area contributed by atoms with Crippen molar-refractivity contribution in [3.63, 3.8) is 0 Å². The van der Waals surface area contributed by atoms with Crippen molar-refractivity contribution in [2.45, 2.75) is 44.2 Å². The zero-order valence-electron chi connectivity index (χ0n) is 20.2. The summed E-state index contributed by atoms with van der Waals surface area (Å²) in [7, 11) is 1.66. The van der Waals surface area contributed by atoms with Gasteiger partial charge in [-0.15, -0.1) is 12.4 Å². The highest BCUT2D eigenvalue weighted by molar-refractivity contribution is 5.97. The van der Waals surface area contributed by atoms with Crippen LogP contribution in [0.15, 0.2) is 48.5 Å². The van der Waals surface area contributed by atoms with Crippen LogP contribution in [-0.4, -0.2) is 62.8 Å². The summed E-state index contributed by atoms with van der Waals surface area (Å²) in [5, 5.41) is 3.43. The van der Waals surface area contributed by atoms with Gasteiger partial charge in [0.25, 0.3) is 5.92 Å². The minimum Gasteiger partial charge on any atom is -0.383 e. The van der Waals surface area contributed by atoms with Crippen LogP contribution in [-0.2, 0) is 20.9 Å². The SMILES string of the molecule is COC[C@H]1CN[C@H](C)CN1CC(=O)N1CC(C)(C)c2ccc(C(F)(F)c3ccccc3)cc21.Cl. The Labute approximate surface area is 206 Å². The van der Waals surface area contributed by atoms with Gasteiger partial charge in [0.15, 0.2) is 0 Å². The van der Waals surface area contributed by atoms with Crippen LogP contribution in [0.4, 0.5) is 14.5 Å². The fourth-order valence-corrected chi connectivity index (χ4v) is 4.97. The van der Waals surface area contributed by atoms with Gasteiger partial charge in [0.1, 0.15) is 0 Å². The molecule has 1 fully saturated rings. The zero-order valence-corrected chi connectivity index (χ0v) is 21.0. The van der Waals surface area contributed by atoms with Crippen LogP contribution < -0.4 is 10.2 Å². The quantitative estimate of drug-likeness (QED) is 0.655. The maximum absolute atomic E-state index is 15.3. The summed E-state index contributed by atoms with van der Waals surface area (Å²) >= 11 is 0. The fourth-order valence-electron chi connectivity index (χ4n) is 4.97. The first-order valence-electron chi connectivity index (χ1n) is 11.5. The Morgan fingerprint density at radius 2 is 1.88 bits per heavy atom. The molecule has 0 bridgehead atoms. The van der Waals surface area contributed by atoms with Gasteiger partial charge in [-0.25, -0.2) is 0 Å². The van der Waals surface area contributed by atoms with Crippen molar-refractivity contribution < 1.29 is 18.3 Å². The average molecular weight is 494 g/mol. The Morgan fingerprint density at radius 1 is 1.18 bits per heavy atom. The maximum atomic E-state index is 15.3. The predicted molar refractivity (Wildman–Crippen MR) is 133 cm³/mol. The van der Waals surface area contributed by atoms with Crippen LogP contribution in [0, 0.1) is 0 Å². The van der Waals surface area contributed by atoms with Crippen molar-refractivity contribution in [2.75, 3.05) is 44.8 Å². The monoisotopic (exact) mass is 493 g/mol. The number of nitrogens with one attached hydrogen (secondary N) is 1. The molecule has 1 saturated heterocycles. The lowest BCUT2D eigenvalue weighted by Gasteiger charge is -2.39. The lowest BCUT2D eigenvalue weighted by atomic mass is 9.86. The standard InChI is InChI=1S/C26H33F2N3O2.ClH/c1-18-14-30(21(13-29-18)16-33-4)15-24(32)31-17-25(2,3)22-11-10-20(12-23(22)31)26(27,28)19-8-6-5-7-9-19;/h5-12,18,21,29H,13-17H2,1-4H3;1H/t18-,21-;/m1./s1. The van der Waals surface area contributed by atoms with Gasteiger partial charge in [0, 0.05) is 61.1 Å². The molecule has 4 rings (SSSR count). The van der Waals surface area contributed by atoms with Gasteiger partial charge < -0.3 is 15.0 Å². The summed E-state index contributed by atoms with van der Waals surface area (Å²) in [6.45, 7) is 8.90. The highest BCUT2D eigenvalue weighted by atomic mass is 35.5. The summed E-state index contributed by atoms with van der Waals surface area (Å²) in [4.78, 5) is 17.3. The second-order valence-corrected chi connectivity index (χ2v) is 9.88. The molecule has 2 heterocycles. The summed E-state index contributed by atoms with van der Waals surface area (Å²) in [6.07, 6.45) is 0. The van der Waals surface area contributed by atoms with Crippen molar-refractivity contribution in [3.05, 3.63) is 65.2 Å². The van der Waals surface area contributed by atoms with E-state index >= 15 is 8.78 Å². The summed E-state index contributed by atoms with van der Waals surface area (Å²) in [5.41, 5.74) is 1.04. The van der Waals surface area contributed by atoms with E-state index in [1.165, 1.54) is 24.3 Å². The third-order valence-electron chi connectivity index (χ3n) is 6.80. The molecule has 2 aliphatic rings. The van der Waals surface area contributed by atoms with Gasteiger partial charge in [-0.1, -0.05) is 56.3 Å². The molecule has 0 aromatic heterocycles. The number of methoxy groups -OCH3 is 1. The first kappa shape index (κ1) is 26.5. The molecule has 0 radical (unpaired) electrons. The number of carbonyl (C=O) groups excluding carboxylic acids is 1. The maximum Gasteiger partial charge on any atom is 0.298 e. The predicted octanol–water partition coefficient (Wildman–Crippen LogP) is 4.18. The van der Waals surface area contributed by atoms with E-state index < -0.39 is 5.92 Å². The third kappa shape index (κ3) is 5.13. The highest BCUT2D eigenvalue weighted by Crippen LogP contribution is 2.44. The third-order valence-corrected chi connectivity index (χ3v) is 6.80. The number of hydrogen-bond acceptors (Lipinski definition) is 4. The second kappa shape index (κ2) is 10.3. The molecule has 0 aliphatic carbocycles. The van der Waals surface area contributed by atoms with Crippen molar-refractivity contribution in [3.8, 4) is 0 Å². The van der Waals surface area contributed by atoms with Gasteiger partial charge >= 0.3 is 0 Å². The van der Waals surface area contributed by atoms with Crippen molar-refractivity contribution in [1.29, 1.82) is 0 Å². The first-order valence-corrected chi connectivity index (χ1v) is 11.5. The van der Waals surface area contributed by atoms with E-state index in [9.17, 15) is 4.79 Å². The molecular weight excluding hydrogens is 460 g/mol. The number of halogens is 3. The number of nitrogens with zero attached hydrogens (tertiary/aromatic N) is 2. The number of carbonyl (C=O) groups is 1. The Balaban J connectivity index is 0.00000324. The summed E-state index contributed by atoms with van der Waals surface area (Å²) in [5.74, 6) is -3.22. The molecule has 5 nitrogen and oxygen atoms in total. The number of rotatable bonds is 6. The Kier molecular flexibility index (Phi) is 8.03. The Morgan fingerprint density at radius 3 is 2.56 bits per heavy atom. The molecular formula is C26H34ClF2N3O2. The molecule has 2 atom stereocenters. The Bertz CT molecular complexity index is 1000. The number of ether oxygens (including phenoxy) is 1. The molecule has 0 spiro atoms. The largest absolute Gasteiger partial charge is 0.383 e. The van der Waals surface area contributed by atoms with Crippen LogP contribution in [0.2, 0.25) is 0 Å². The van der Waals surface area contributed by atoms with Gasteiger partial charge in [0.2, 0.25) is 5.91 Å². The fraction of sp³-hybridized carbons (Fsp3) is 0.500. The van der Waals surface area contributed by atoms with Crippen LogP contribution in [0.1, 0.15) is 37.5 Å². The van der Waals surface area contributed by atoms with Gasteiger partial charge in [-0.2, -0.15) is 8.78 Å². The zero-order chi connectivity index (χ0) is 23.8. The molecule has 186 valence electrons. The lowest BCUT2D eigenvalue weighted by molar-refractivity contribution is -0.121. The van der Waals surface area contributed by atoms with Gasteiger partial charge in [0.05, 0.1) is 13.2 Å². The minimum atomic E-state index is -3.14. The molecule has 2 aromatic carbocycles. The average Bonchev–Trinajstić information content (AvgIpc) is 3.07.